The molecule has 32 heavy (non-hydrogen) atoms. The molecule has 6 nitrogen and oxygen atoms in total. The Kier molecular flexibility index (Phi) is 5.75. The fourth-order valence-corrected chi connectivity index (χ4v) is 4.12. The molecule has 2 aromatic heterocycles. The van der Waals surface area contributed by atoms with Crippen molar-refractivity contribution in [2.24, 2.45) is 0 Å². The zero-order valence-corrected chi connectivity index (χ0v) is 18.7. The van der Waals surface area contributed by atoms with Crippen LogP contribution >= 0.6 is 23.4 Å². The van der Waals surface area contributed by atoms with E-state index in [-0.39, 0.29) is 0 Å². The van der Waals surface area contributed by atoms with Crippen molar-refractivity contribution in [3.05, 3.63) is 95.3 Å². The van der Waals surface area contributed by atoms with Crippen molar-refractivity contribution < 1.29 is 4.42 Å². The molecule has 0 radical (unpaired) electrons. The second kappa shape index (κ2) is 8.98. The van der Waals surface area contributed by atoms with Crippen LogP contribution in [0, 0.1) is 6.92 Å². The van der Waals surface area contributed by atoms with Crippen LogP contribution in [0.3, 0.4) is 0 Å². The van der Waals surface area contributed by atoms with E-state index in [4.69, 9.17) is 16.0 Å². The van der Waals surface area contributed by atoms with Gasteiger partial charge in [-0.25, -0.2) is 0 Å². The number of nitrogens with zero attached hydrogens (tertiary/aromatic N) is 5. The predicted molar refractivity (Wildman–Crippen MR) is 126 cm³/mol. The Balaban J connectivity index is 1.43. The van der Waals surface area contributed by atoms with Crippen molar-refractivity contribution >= 4 is 23.4 Å². The number of benzene rings is 3. The van der Waals surface area contributed by atoms with Crippen molar-refractivity contribution in [2.75, 3.05) is 0 Å². The maximum absolute atomic E-state index is 6.06. The molecular weight excluding hydrogens is 442 g/mol. The summed E-state index contributed by atoms with van der Waals surface area (Å²) in [5.74, 6) is 2.25. The summed E-state index contributed by atoms with van der Waals surface area (Å²) in [7, 11) is 0. The molecule has 5 rings (SSSR count). The number of para-hydroxylation sites is 1. The van der Waals surface area contributed by atoms with Crippen molar-refractivity contribution in [2.45, 2.75) is 17.8 Å². The lowest BCUT2D eigenvalue weighted by Gasteiger charge is -2.10. The lowest BCUT2D eigenvalue weighted by Crippen LogP contribution is -1.99. The first kappa shape index (κ1) is 20.5. The fraction of sp³-hybridized carbons (Fsp3) is 0.0833. The van der Waals surface area contributed by atoms with Crippen LogP contribution in [-0.2, 0) is 5.75 Å². The Labute approximate surface area is 194 Å². The fourth-order valence-electron chi connectivity index (χ4n) is 3.21. The van der Waals surface area contributed by atoms with Gasteiger partial charge in [0.1, 0.15) is 0 Å². The highest BCUT2D eigenvalue weighted by atomic mass is 35.5. The van der Waals surface area contributed by atoms with Gasteiger partial charge in [0.25, 0.3) is 0 Å². The van der Waals surface area contributed by atoms with E-state index in [9.17, 15) is 0 Å². The molecule has 0 N–H and O–H groups in total. The molecule has 158 valence electrons. The standard InChI is InChI=1S/C24H18ClN5OS/c1-16-7-9-18(10-8-16)23-28-26-21(31-23)15-32-24-29-27-22(17-11-13-19(25)14-12-17)30(24)20-5-3-2-4-6-20/h2-14H,15H2,1H3. The highest BCUT2D eigenvalue weighted by molar-refractivity contribution is 7.98. The minimum atomic E-state index is 0.477. The van der Waals surface area contributed by atoms with Crippen molar-refractivity contribution in [3.8, 4) is 28.5 Å². The highest BCUT2D eigenvalue weighted by Crippen LogP contribution is 2.30. The molecule has 0 aliphatic rings. The van der Waals surface area contributed by atoms with Crippen LogP contribution in [0.2, 0.25) is 5.02 Å². The van der Waals surface area contributed by atoms with Gasteiger partial charge in [0, 0.05) is 21.8 Å². The number of rotatable bonds is 6. The Morgan fingerprint density at radius 1 is 0.812 bits per heavy atom. The molecule has 0 bridgehead atoms. The van der Waals surface area contributed by atoms with Gasteiger partial charge < -0.3 is 4.42 Å². The molecular formula is C24H18ClN5OS. The van der Waals surface area contributed by atoms with E-state index in [1.165, 1.54) is 17.3 Å². The minimum absolute atomic E-state index is 0.477. The summed E-state index contributed by atoms with van der Waals surface area (Å²) in [5, 5.41) is 18.7. The van der Waals surface area contributed by atoms with Crippen molar-refractivity contribution in [3.63, 3.8) is 0 Å². The van der Waals surface area contributed by atoms with E-state index in [0.29, 0.717) is 22.6 Å². The maximum atomic E-state index is 6.06. The van der Waals surface area contributed by atoms with Crippen LogP contribution in [0.1, 0.15) is 11.5 Å². The summed E-state index contributed by atoms with van der Waals surface area (Å²) in [4.78, 5) is 0. The third-order valence-electron chi connectivity index (χ3n) is 4.84. The normalized spacial score (nSPS) is 11.1. The van der Waals surface area contributed by atoms with Gasteiger partial charge in [-0.3, -0.25) is 4.57 Å². The summed E-state index contributed by atoms with van der Waals surface area (Å²) < 4.78 is 7.89. The topological polar surface area (TPSA) is 69.6 Å². The third-order valence-corrected chi connectivity index (χ3v) is 6.01. The molecule has 3 aromatic carbocycles. The van der Waals surface area contributed by atoms with Gasteiger partial charge in [0.15, 0.2) is 11.0 Å². The molecule has 0 atom stereocenters. The first-order valence-electron chi connectivity index (χ1n) is 9.96. The van der Waals surface area contributed by atoms with E-state index in [0.717, 1.165) is 27.8 Å². The van der Waals surface area contributed by atoms with Gasteiger partial charge in [-0.15, -0.1) is 20.4 Å². The largest absolute Gasteiger partial charge is 0.420 e. The number of hydrogen-bond donors (Lipinski definition) is 0. The summed E-state index contributed by atoms with van der Waals surface area (Å²) >= 11 is 7.55. The minimum Gasteiger partial charge on any atom is -0.420 e. The summed E-state index contributed by atoms with van der Waals surface area (Å²) in [6, 6.07) is 25.6. The highest BCUT2D eigenvalue weighted by Gasteiger charge is 2.17. The summed E-state index contributed by atoms with van der Waals surface area (Å²) in [6.45, 7) is 2.04. The average molecular weight is 460 g/mol. The smallest absolute Gasteiger partial charge is 0.247 e. The third kappa shape index (κ3) is 4.30. The van der Waals surface area contributed by atoms with Gasteiger partial charge in [-0.2, -0.15) is 0 Å². The number of aromatic nitrogens is 5. The van der Waals surface area contributed by atoms with Crippen molar-refractivity contribution in [1.29, 1.82) is 0 Å². The number of halogens is 1. The lowest BCUT2D eigenvalue weighted by molar-refractivity contribution is 0.528. The average Bonchev–Trinajstić information content (AvgIpc) is 3.47. The zero-order valence-electron chi connectivity index (χ0n) is 17.1. The molecule has 0 spiro atoms. The van der Waals surface area contributed by atoms with E-state index >= 15 is 0 Å². The molecule has 2 heterocycles. The molecule has 0 amide bonds. The van der Waals surface area contributed by atoms with Gasteiger partial charge in [0.05, 0.1) is 5.75 Å². The maximum Gasteiger partial charge on any atom is 0.247 e. The van der Waals surface area contributed by atoms with E-state index in [1.807, 2.05) is 90.4 Å². The zero-order chi connectivity index (χ0) is 21.9. The molecule has 5 aromatic rings. The van der Waals surface area contributed by atoms with E-state index in [1.54, 1.807) is 0 Å². The molecule has 0 unspecified atom stereocenters. The predicted octanol–water partition coefficient (Wildman–Crippen LogP) is 6.24. The number of thioether (sulfide) groups is 1. The second-order valence-corrected chi connectivity index (χ2v) is 8.52. The van der Waals surface area contributed by atoms with Gasteiger partial charge >= 0.3 is 0 Å². The van der Waals surface area contributed by atoms with Crippen LogP contribution < -0.4 is 0 Å². The lowest BCUT2D eigenvalue weighted by atomic mass is 10.1. The van der Waals surface area contributed by atoms with E-state index < -0.39 is 0 Å². The van der Waals surface area contributed by atoms with Crippen LogP contribution in [0.4, 0.5) is 0 Å². The molecule has 0 aliphatic heterocycles. The molecule has 0 saturated carbocycles. The van der Waals surface area contributed by atoms with Gasteiger partial charge in [-0.1, -0.05) is 59.3 Å². The Bertz CT molecular complexity index is 1330. The van der Waals surface area contributed by atoms with Gasteiger partial charge in [-0.05, 0) is 55.5 Å². The Morgan fingerprint density at radius 3 is 2.28 bits per heavy atom. The van der Waals surface area contributed by atoms with E-state index in [2.05, 4.69) is 20.4 Å². The molecule has 0 saturated heterocycles. The Hall–Kier alpha value is -3.42. The second-order valence-electron chi connectivity index (χ2n) is 7.14. The van der Waals surface area contributed by atoms with Crippen molar-refractivity contribution in [1.82, 2.24) is 25.0 Å². The van der Waals surface area contributed by atoms with Crippen LogP contribution in [0.15, 0.2) is 88.4 Å². The molecule has 0 aliphatic carbocycles. The summed E-state index contributed by atoms with van der Waals surface area (Å²) in [5.41, 5.74) is 3.98. The molecule has 0 fully saturated rings. The molecule has 8 heteroatoms. The first-order valence-corrected chi connectivity index (χ1v) is 11.3. The Morgan fingerprint density at radius 2 is 1.53 bits per heavy atom. The van der Waals surface area contributed by atoms with Gasteiger partial charge in [0.2, 0.25) is 11.8 Å². The first-order chi connectivity index (χ1) is 15.7. The van der Waals surface area contributed by atoms with Crippen LogP contribution in [0.25, 0.3) is 28.5 Å². The van der Waals surface area contributed by atoms with Crippen LogP contribution in [-0.4, -0.2) is 25.0 Å². The number of hydrogen-bond acceptors (Lipinski definition) is 6. The SMILES string of the molecule is Cc1ccc(-c2nnc(CSc3nnc(-c4ccc(Cl)cc4)n3-c3ccccc3)o2)cc1. The summed E-state index contributed by atoms with van der Waals surface area (Å²) in [6.07, 6.45) is 0. The monoisotopic (exact) mass is 459 g/mol. The van der Waals surface area contributed by atoms with Crippen LogP contribution in [0.5, 0.6) is 0 Å². The quantitative estimate of drug-likeness (QED) is 0.280. The number of aryl methyl sites for hydroxylation is 1.